The number of phenols is 1. The summed E-state index contributed by atoms with van der Waals surface area (Å²) in [4.78, 5) is 11.4. The van der Waals surface area contributed by atoms with Crippen LogP contribution in [0.4, 0.5) is 0 Å². The van der Waals surface area contributed by atoms with Crippen LogP contribution in [0.1, 0.15) is 25.8 Å². The summed E-state index contributed by atoms with van der Waals surface area (Å²) in [6, 6.07) is 6.95. The second kappa shape index (κ2) is 5.35. The molecule has 80 valence electrons. The van der Waals surface area contributed by atoms with Crippen molar-refractivity contribution in [1.82, 2.24) is 0 Å². The van der Waals surface area contributed by atoms with E-state index in [4.69, 9.17) is 0 Å². The van der Waals surface area contributed by atoms with Crippen molar-refractivity contribution in [1.29, 1.82) is 0 Å². The Labute approximate surface area is 90.3 Å². The predicted molar refractivity (Wildman–Crippen MR) is 61.6 cm³/mol. The number of carbonyl (C=O) groups is 1. The third kappa shape index (κ3) is 3.98. The highest BCUT2D eigenvalue weighted by Crippen LogP contribution is 2.17. The molecular weight excluding hydrogens is 188 g/mol. The van der Waals surface area contributed by atoms with Crippen LogP contribution in [0.15, 0.2) is 30.3 Å². The van der Waals surface area contributed by atoms with Crippen molar-refractivity contribution < 1.29 is 9.90 Å². The third-order valence-corrected chi connectivity index (χ3v) is 1.99. The lowest BCUT2D eigenvalue weighted by Crippen LogP contribution is -1.98. The zero-order chi connectivity index (χ0) is 11.3. The number of benzene rings is 1. The van der Waals surface area contributed by atoms with Crippen LogP contribution in [0.5, 0.6) is 5.75 Å². The molecule has 2 heteroatoms. The highest BCUT2D eigenvalue weighted by Gasteiger charge is 2.01. The van der Waals surface area contributed by atoms with Crippen molar-refractivity contribution in [3.8, 4) is 5.75 Å². The quantitative estimate of drug-likeness (QED) is 0.765. The monoisotopic (exact) mass is 204 g/mol. The van der Waals surface area contributed by atoms with Gasteiger partial charge >= 0.3 is 0 Å². The summed E-state index contributed by atoms with van der Waals surface area (Å²) in [6.45, 7) is 4.01. The molecule has 0 bridgehead atoms. The Kier molecular flexibility index (Phi) is 4.10. The molecule has 1 rings (SSSR count). The van der Waals surface area contributed by atoms with Crippen LogP contribution >= 0.6 is 0 Å². The van der Waals surface area contributed by atoms with Crippen LogP contribution in [0.25, 0.3) is 6.08 Å². The van der Waals surface area contributed by atoms with Gasteiger partial charge in [0.15, 0.2) is 5.78 Å². The van der Waals surface area contributed by atoms with Crippen molar-refractivity contribution in [2.24, 2.45) is 5.92 Å². The largest absolute Gasteiger partial charge is 0.507 e. The first kappa shape index (κ1) is 11.5. The van der Waals surface area contributed by atoms with Crippen LogP contribution in [0.2, 0.25) is 0 Å². The number of rotatable bonds is 4. The summed E-state index contributed by atoms with van der Waals surface area (Å²) in [7, 11) is 0. The molecule has 0 aromatic heterocycles. The lowest BCUT2D eigenvalue weighted by Gasteiger charge is -1.99. The van der Waals surface area contributed by atoms with Gasteiger partial charge in [-0.15, -0.1) is 0 Å². The van der Waals surface area contributed by atoms with E-state index in [-0.39, 0.29) is 11.5 Å². The van der Waals surface area contributed by atoms with Gasteiger partial charge in [-0.05, 0) is 24.1 Å². The van der Waals surface area contributed by atoms with Crippen molar-refractivity contribution in [3.05, 3.63) is 35.9 Å². The number of carbonyl (C=O) groups excluding carboxylic acids is 1. The summed E-state index contributed by atoms with van der Waals surface area (Å²) in [5.41, 5.74) is 0.676. The zero-order valence-electron chi connectivity index (χ0n) is 9.10. The maximum Gasteiger partial charge on any atom is 0.155 e. The number of ketones is 1. The molecule has 0 atom stereocenters. The molecule has 0 aliphatic carbocycles. The van der Waals surface area contributed by atoms with Gasteiger partial charge in [0.05, 0.1) is 0 Å². The second-order valence-electron chi connectivity index (χ2n) is 3.96. The maximum absolute atomic E-state index is 11.4. The Morgan fingerprint density at radius 2 is 2.07 bits per heavy atom. The second-order valence-corrected chi connectivity index (χ2v) is 3.96. The summed E-state index contributed by atoms with van der Waals surface area (Å²) in [5, 5.41) is 9.44. The fourth-order valence-corrected chi connectivity index (χ4v) is 1.28. The van der Waals surface area contributed by atoms with E-state index in [9.17, 15) is 9.90 Å². The minimum absolute atomic E-state index is 0.0910. The van der Waals surface area contributed by atoms with Crippen LogP contribution in [-0.4, -0.2) is 10.9 Å². The van der Waals surface area contributed by atoms with E-state index >= 15 is 0 Å². The average molecular weight is 204 g/mol. The minimum Gasteiger partial charge on any atom is -0.507 e. The van der Waals surface area contributed by atoms with Gasteiger partial charge in [0.1, 0.15) is 5.75 Å². The zero-order valence-corrected chi connectivity index (χ0v) is 9.10. The molecule has 0 unspecified atom stereocenters. The molecule has 15 heavy (non-hydrogen) atoms. The molecule has 0 heterocycles. The third-order valence-electron chi connectivity index (χ3n) is 1.99. The SMILES string of the molecule is CC(C)CC(=O)C=Cc1ccccc1O. The van der Waals surface area contributed by atoms with E-state index in [0.29, 0.717) is 17.9 Å². The van der Waals surface area contributed by atoms with Gasteiger partial charge in [-0.2, -0.15) is 0 Å². The van der Waals surface area contributed by atoms with Crippen molar-refractivity contribution in [2.75, 3.05) is 0 Å². The summed E-state index contributed by atoms with van der Waals surface area (Å²) >= 11 is 0. The fraction of sp³-hybridized carbons (Fsp3) is 0.308. The Balaban J connectivity index is 2.66. The minimum atomic E-state index is 0.0910. The fourth-order valence-electron chi connectivity index (χ4n) is 1.28. The van der Waals surface area contributed by atoms with Gasteiger partial charge in [-0.3, -0.25) is 4.79 Å². The maximum atomic E-state index is 11.4. The summed E-state index contributed by atoms with van der Waals surface area (Å²) in [5.74, 6) is 0.658. The number of para-hydroxylation sites is 1. The van der Waals surface area contributed by atoms with Gasteiger partial charge < -0.3 is 5.11 Å². The number of allylic oxidation sites excluding steroid dienone is 1. The first-order valence-electron chi connectivity index (χ1n) is 5.08. The number of hydrogen-bond acceptors (Lipinski definition) is 2. The van der Waals surface area contributed by atoms with Crippen molar-refractivity contribution >= 4 is 11.9 Å². The summed E-state index contributed by atoms with van der Waals surface area (Å²) < 4.78 is 0. The Hall–Kier alpha value is -1.57. The molecule has 0 spiro atoms. The lowest BCUT2D eigenvalue weighted by molar-refractivity contribution is -0.115. The van der Waals surface area contributed by atoms with Crippen LogP contribution in [-0.2, 0) is 4.79 Å². The van der Waals surface area contributed by atoms with E-state index in [2.05, 4.69) is 0 Å². The molecule has 2 nitrogen and oxygen atoms in total. The summed E-state index contributed by atoms with van der Waals surface area (Å²) in [6.07, 6.45) is 3.72. The molecule has 0 radical (unpaired) electrons. The smallest absolute Gasteiger partial charge is 0.155 e. The van der Waals surface area contributed by atoms with Gasteiger partial charge in [-0.1, -0.05) is 32.0 Å². The molecule has 0 saturated heterocycles. The van der Waals surface area contributed by atoms with E-state index in [0.717, 1.165) is 0 Å². The first-order valence-corrected chi connectivity index (χ1v) is 5.08. The van der Waals surface area contributed by atoms with Crippen LogP contribution in [0.3, 0.4) is 0 Å². The molecule has 0 aliphatic heterocycles. The Bertz CT molecular complexity index is 365. The average Bonchev–Trinajstić information content (AvgIpc) is 2.15. The predicted octanol–water partition coefficient (Wildman–Crippen LogP) is 3.02. The molecule has 1 aromatic rings. The lowest BCUT2D eigenvalue weighted by atomic mass is 10.1. The van der Waals surface area contributed by atoms with Crippen molar-refractivity contribution in [3.63, 3.8) is 0 Å². The van der Waals surface area contributed by atoms with Gasteiger partial charge in [0.25, 0.3) is 0 Å². The van der Waals surface area contributed by atoms with Crippen LogP contribution in [0, 0.1) is 5.92 Å². The molecule has 0 amide bonds. The molecular formula is C13H16O2. The number of phenolic OH excluding ortho intramolecular Hbond substituents is 1. The van der Waals surface area contributed by atoms with Crippen molar-refractivity contribution in [2.45, 2.75) is 20.3 Å². The molecule has 1 N–H and O–H groups in total. The number of aromatic hydroxyl groups is 1. The van der Waals surface area contributed by atoms with E-state index in [1.165, 1.54) is 6.08 Å². The van der Waals surface area contributed by atoms with E-state index in [1.54, 1.807) is 24.3 Å². The molecule has 0 aliphatic rings. The molecule has 0 saturated carbocycles. The topological polar surface area (TPSA) is 37.3 Å². The normalized spacial score (nSPS) is 11.1. The first-order chi connectivity index (χ1) is 7.09. The number of hydrogen-bond donors (Lipinski definition) is 1. The highest BCUT2D eigenvalue weighted by molar-refractivity contribution is 5.93. The Morgan fingerprint density at radius 3 is 2.67 bits per heavy atom. The van der Waals surface area contributed by atoms with E-state index in [1.807, 2.05) is 19.9 Å². The molecule has 1 aromatic carbocycles. The molecule has 0 fully saturated rings. The standard InChI is InChI=1S/C13H16O2/c1-10(2)9-12(14)8-7-11-5-3-4-6-13(11)15/h3-8,10,15H,9H2,1-2H3. The Morgan fingerprint density at radius 1 is 1.40 bits per heavy atom. The van der Waals surface area contributed by atoms with E-state index < -0.39 is 0 Å². The van der Waals surface area contributed by atoms with Gasteiger partial charge in [0, 0.05) is 12.0 Å². The van der Waals surface area contributed by atoms with Gasteiger partial charge in [0.2, 0.25) is 0 Å². The highest BCUT2D eigenvalue weighted by atomic mass is 16.3. The van der Waals surface area contributed by atoms with Crippen LogP contribution < -0.4 is 0 Å². The van der Waals surface area contributed by atoms with Gasteiger partial charge in [-0.25, -0.2) is 0 Å².